The molecule has 0 saturated carbocycles. The Morgan fingerprint density at radius 2 is 1.73 bits per heavy atom. The van der Waals surface area contributed by atoms with Gasteiger partial charge in [0.15, 0.2) is 11.5 Å². The van der Waals surface area contributed by atoms with Crippen LogP contribution >= 0.6 is 0 Å². The van der Waals surface area contributed by atoms with Crippen molar-refractivity contribution in [1.29, 1.82) is 0 Å². The van der Waals surface area contributed by atoms with E-state index in [9.17, 15) is 8.78 Å². The molecule has 3 nitrogen and oxygen atoms in total. The Morgan fingerprint density at radius 3 is 2.36 bits per heavy atom. The van der Waals surface area contributed by atoms with Crippen molar-refractivity contribution in [1.82, 2.24) is 5.32 Å². The number of rotatable bonds is 6. The van der Waals surface area contributed by atoms with E-state index in [0.29, 0.717) is 23.6 Å². The maximum Gasteiger partial charge on any atom is 0.161 e. The summed E-state index contributed by atoms with van der Waals surface area (Å²) in [5, 5.41) is 3.21. The summed E-state index contributed by atoms with van der Waals surface area (Å²) < 4.78 is 37.1. The largest absolute Gasteiger partial charge is 0.493 e. The van der Waals surface area contributed by atoms with E-state index >= 15 is 0 Å². The predicted octanol–water partition coefficient (Wildman–Crippen LogP) is 3.83. The molecule has 0 amide bonds. The molecule has 0 radical (unpaired) electrons. The van der Waals surface area contributed by atoms with Crippen molar-refractivity contribution in [2.45, 2.75) is 19.5 Å². The van der Waals surface area contributed by atoms with E-state index < -0.39 is 11.6 Å². The van der Waals surface area contributed by atoms with Crippen LogP contribution < -0.4 is 14.8 Å². The lowest BCUT2D eigenvalue weighted by atomic mass is 10.1. The third kappa shape index (κ3) is 3.74. The molecule has 0 heterocycles. The maximum absolute atomic E-state index is 13.7. The van der Waals surface area contributed by atoms with Crippen molar-refractivity contribution in [2.24, 2.45) is 0 Å². The minimum absolute atomic E-state index is 0.242. The van der Waals surface area contributed by atoms with Gasteiger partial charge in [-0.15, -0.1) is 0 Å². The Balaban J connectivity index is 2.06. The zero-order valence-electron chi connectivity index (χ0n) is 12.8. The summed E-state index contributed by atoms with van der Waals surface area (Å²) in [6.45, 7) is 2.36. The van der Waals surface area contributed by atoms with Gasteiger partial charge in [0.2, 0.25) is 0 Å². The summed E-state index contributed by atoms with van der Waals surface area (Å²) in [4.78, 5) is 0. The minimum atomic E-state index is -0.576. The first-order valence-corrected chi connectivity index (χ1v) is 6.94. The average molecular weight is 307 g/mol. The van der Waals surface area contributed by atoms with E-state index in [2.05, 4.69) is 5.32 Å². The molecular formula is C17H19F2NO2. The zero-order chi connectivity index (χ0) is 16.1. The van der Waals surface area contributed by atoms with Gasteiger partial charge in [-0.05, 0) is 30.7 Å². The molecule has 0 bridgehead atoms. The fraction of sp³-hybridized carbons (Fsp3) is 0.294. The van der Waals surface area contributed by atoms with Gasteiger partial charge in [-0.1, -0.05) is 12.1 Å². The van der Waals surface area contributed by atoms with Crippen LogP contribution in [-0.4, -0.2) is 14.2 Å². The second-order valence-corrected chi connectivity index (χ2v) is 4.96. The van der Waals surface area contributed by atoms with Crippen molar-refractivity contribution in [3.05, 3.63) is 59.2 Å². The molecule has 5 heteroatoms. The molecule has 0 aliphatic rings. The van der Waals surface area contributed by atoms with E-state index in [1.807, 2.05) is 25.1 Å². The van der Waals surface area contributed by atoms with Gasteiger partial charge >= 0.3 is 0 Å². The fourth-order valence-electron chi connectivity index (χ4n) is 2.22. The number of ether oxygens (including phenoxy) is 2. The van der Waals surface area contributed by atoms with Crippen LogP contribution in [0.25, 0.3) is 0 Å². The van der Waals surface area contributed by atoms with Crippen molar-refractivity contribution < 1.29 is 18.3 Å². The minimum Gasteiger partial charge on any atom is -0.493 e. The Hall–Kier alpha value is -2.14. The molecule has 1 atom stereocenters. The van der Waals surface area contributed by atoms with Crippen LogP contribution in [0.3, 0.4) is 0 Å². The molecule has 0 spiro atoms. The first kappa shape index (κ1) is 16.2. The van der Waals surface area contributed by atoms with Crippen LogP contribution in [0, 0.1) is 11.6 Å². The van der Waals surface area contributed by atoms with Crippen LogP contribution in [0.15, 0.2) is 36.4 Å². The highest BCUT2D eigenvalue weighted by Gasteiger charge is 2.12. The normalized spacial score (nSPS) is 12.0. The summed E-state index contributed by atoms with van der Waals surface area (Å²) in [7, 11) is 3.15. The molecule has 2 aromatic carbocycles. The summed E-state index contributed by atoms with van der Waals surface area (Å²) in [6.07, 6.45) is 0. The molecule has 118 valence electrons. The van der Waals surface area contributed by atoms with Crippen LogP contribution in [0.5, 0.6) is 11.5 Å². The average Bonchev–Trinajstić information content (AvgIpc) is 2.52. The number of halogens is 2. The van der Waals surface area contributed by atoms with E-state index in [4.69, 9.17) is 9.47 Å². The molecule has 1 unspecified atom stereocenters. The van der Waals surface area contributed by atoms with Gasteiger partial charge in [0, 0.05) is 24.2 Å². The molecular weight excluding hydrogens is 288 g/mol. The Labute approximate surface area is 128 Å². The van der Waals surface area contributed by atoms with Crippen LogP contribution in [0.2, 0.25) is 0 Å². The molecule has 0 aromatic heterocycles. The molecule has 0 aliphatic heterocycles. The highest BCUT2D eigenvalue weighted by molar-refractivity contribution is 5.42. The lowest BCUT2D eigenvalue weighted by Crippen LogP contribution is -2.19. The molecule has 0 fully saturated rings. The lowest BCUT2D eigenvalue weighted by Gasteiger charge is -2.16. The topological polar surface area (TPSA) is 30.5 Å². The maximum atomic E-state index is 13.7. The highest BCUT2D eigenvalue weighted by Crippen LogP contribution is 2.27. The van der Waals surface area contributed by atoms with Gasteiger partial charge in [0.05, 0.1) is 14.2 Å². The number of methoxy groups -OCH3 is 2. The van der Waals surface area contributed by atoms with Gasteiger partial charge in [0.1, 0.15) is 11.6 Å². The summed E-state index contributed by atoms with van der Waals surface area (Å²) in [6, 6.07) is 8.95. The quantitative estimate of drug-likeness (QED) is 0.880. The SMILES string of the molecule is COc1ccc(CNC(C)c2ccc(F)cc2F)cc1OC. The third-order valence-corrected chi connectivity index (χ3v) is 3.49. The van der Waals surface area contributed by atoms with Crippen molar-refractivity contribution >= 4 is 0 Å². The van der Waals surface area contributed by atoms with Gasteiger partial charge in [-0.3, -0.25) is 0 Å². The zero-order valence-corrected chi connectivity index (χ0v) is 12.8. The molecule has 0 aliphatic carbocycles. The fourth-order valence-corrected chi connectivity index (χ4v) is 2.22. The van der Waals surface area contributed by atoms with Crippen LogP contribution in [-0.2, 0) is 6.54 Å². The Morgan fingerprint density at radius 1 is 1.00 bits per heavy atom. The van der Waals surface area contributed by atoms with Crippen LogP contribution in [0.1, 0.15) is 24.1 Å². The van der Waals surface area contributed by atoms with Crippen molar-refractivity contribution in [3.63, 3.8) is 0 Å². The summed E-state index contributed by atoms with van der Waals surface area (Å²) in [5.74, 6) is 0.173. The van der Waals surface area contributed by atoms with E-state index in [-0.39, 0.29) is 6.04 Å². The first-order valence-electron chi connectivity index (χ1n) is 6.94. The monoisotopic (exact) mass is 307 g/mol. The molecule has 2 aromatic rings. The van der Waals surface area contributed by atoms with Gasteiger partial charge in [0.25, 0.3) is 0 Å². The van der Waals surface area contributed by atoms with E-state index in [0.717, 1.165) is 11.6 Å². The van der Waals surface area contributed by atoms with Gasteiger partial charge < -0.3 is 14.8 Å². The second kappa shape index (κ2) is 7.22. The van der Waals surface area contributed by atoms with Gasteiger partial charge in [-0.2, -0.15) is 0 Å². The molecule has 1 N–H and O–H groups in total. The standard InChI is InChI=1S/C17H19F2NO2/c1-11(14-6-5-13(18)9-15(14)19)20-10-12-4-7-16(21-2)17(8-12)22-3/h4-9,11,20H,10H2,1-3H3. The smallest absolute Gasteiger partial charge is 0.161 e. The predicted molar refractivity (Wildman–Crippen MR) is 81.2 cm³/mol. The van der Waals surface area contributed by atoms with Crippen molar-refractivity contribution in [3.8, 4) is 11.5 Å². The number of hydrogen-bond donors (Lipinski definition) is 1. The lowest BCUT2D eigenvalue weighted by molar-refractivity contribution is 0.354. The van der Waals surface area contributed by atoms with E-state index in [1.165, 1.54) is 12.1 Å². The molecule has 22 heavy (non-hydrogen) atoms. The van der Waals surface area contributed by atoms with E-state index in [1.54, 1.807) is 14.2 Å². The second-order valence-electron chi connectivity index (χ2n) is 4.96. The first-order chi connectivity index (χ1) is 10.5. The molecule has 0 saturated heterocycles. The molecule has 2 rings (SSSR count). The highest BCUT2D eigenvalue weighted by atomic mass is 19.1. The van der Waals surface area contributed by atoms with Crippen LogP contribution in [0.4, 0.5) is 8.78 Å². The number of benzene rings is 2. The summed E-state index contributed by atoms with van der Waals surface area (Å²) >= 11 is 0. The number of hydrogen-bond acceptors (Lipinski definition) is 3. The van der Waals surface area contributed by atoms with Gasteiger partial charge in [-0.25, -0.2) is 8.78 Å². The Bertz CT molecular complexity index is 647. The Kier molecular flexibility index (Phi) is 5.33. The number of nitrogens with one attached hydrogen (secondary N) is 1. The third-order valence-electron chi connectivity index (χ3n) is 3.49. The van der Waals surface area contributed by atoms with Crippen molar-refractivity contribution in [2.75, 3.05) is 14.2 Å². The summed E-state index contributed by atoms with van der Waals surface area (Å²) in [5.41, 5.74) is 1.41.